The van der Waals surface area contributed by atoms with E-state index in [0.717, 1.165) is 23.5 Å². The van der Waals surface area contributed by atoms with Crippen molar-refractivity contribution < 1.29 is 9.53 Å². The molecule has 6 heteroatoms. The van der Waals surface area contributed by atoms with Crippen LogP contribution in [0, 0.1) is 0 Å². The molecular formula is C17H25ClN2O2S. The second-order valence-electron chi connectivity index (χ2n) is 6.25. The fraction of sp³-hybridized carbons (Fsp3) is 0.588. The van der Waals surface area contributed by atoms with Crippen molar-refractivity contribution in [2.75, 3.05) is 7.11 Å². The van der Waals surface area contributed by atoms with Gasteiger partial charge in [0, 0.05) is 23.0 Å². The molecule has 1 aromatic carbocycles. The largest absolute Gasteiger partial charge is 0.497 e. The van der Waals surface area contributed by atoms with Gasteiger partial charge in [-0.05, 0) is 56.9 Å². The molecule has 3 rings (SSSR count). The molecule has 2 aliphatic heterocycles. The average molecular weight is 357 g/mol. The molecule has 23 heavy (non-hydrogen) atoms. The minimum atomic E-state index is -0.0825. The molecule has 2 saturated heterocycles. The summed E-state index contributed by atoms with van der Waals surface area (Å²) in [4.78, 5) is 13.5. The van der Waals surface area contributed by atoms with Crippen molar-refractivity contribution in [3.63, 3.8) is 0 Å². The lowest BCUT2D eigenvalue weighted by atomic mass is 10.00. The molecule has 0 spiro atoms. The Labute approximate surface area is 148 Å². The lowest BCUT2D eigenvalue weighted by molar-refractivity contribution is -0.121. The molecular weight excluding hydrogens is 332 g/mol. The van der Waals surface area contributed by atoms with E-state index in [1.165, 1.54) is 12.8 Å². The summed E-state index contributed by atoms with van der Waals surface area (Å²) in [6, 6.07) is 9.40. The summed E-state index contributed by atoms with van der Waals surface area (Å²) < 4.78 is 5.15. The third-order valence-electron chi connectivity index (χ3n) is 4.56. The van der Waals surface area contributed by atoms with E-state index in [-0.39, 0.29) is 23.6 Å². The third-order valence-corrected chi connectivity index (χ3v) is 5.67. The van der Waals surface area contributed by atoms with Crippen molar-refractivity contribution in [2.45, 2.75) is 60.9 Å². The lowest BCUT2D eigenvalue weighted by Gasteiger charge is -2.30. The van der Waals surface area contributed by atoms with E-state index in [9.17, 15) is 4.79 Å². The molecule has 1 aromatic rings. The zero-order valence-corrected chi connectivity index (χ0v) is 15.2. The molecule has 2 N–H and O–H groups in total. The predicted octanol–water partition coefficient (Wildman–Crippen LogP) is 3.00. The van der Waals surface area contributed by atoms with Crippen molar-refractivity contribution in [3.8, 4) is 5.75 Å². The SMILES string of the molecule is COc1ccc(SC(C)C(=O)NC2CC3CCC(C2)N3)cc1.Cl. The molecule has 2 bridgehead atoms. The summed E-state index contributed by atoms with van der Waals surface area (Å²) >= 11 is 1.59. The Bertz CT molecular complexity index is 514. The number of amides is 1. The molecule has 2 fully saturated rings. The number of hydrogen-bond acceptors (Lipinski definition) is 4. The zero-order valence-electron chi connectivity index (χ0n) is 13.6. The van der Waals surface area contributed by atoms with Crippen LogP contribution >= 0.6 is 24.2 Å². The number of fused-ring (bicyclic) bond motifs is 2. The third kappa shape index (κ3) is 4.78. The van der Waals surface area contributed by atoms with Crippen LogP contribution in [0.1, 0.15) is 32.6 Å². The number of carbonyl (C=O) groups is 1. The molecule has 0 aliphatic carbocycles. The van der Waals surface area contributed by atoms with Crippen LogP contribution in [0.15, 0.2) is 29.2 Å². The van der Waals surface area contributed by atoms with Crippen LogP contribution < -0.4 is 15.4 Å². The van der Waals surface area contributed by atoms with E-state index in [4.69, 9.17) is 4.74 Å². The first-order chi connectivity index (χ1) is 10.6. The summed E-state index contributed by atoms with van der Waals surface area (Å²) in [7, 11) is 1.66. The molecule has 2 aliphatic rings. The highest BCUT2D eigenvalue weighted by Crippen LogP contribution is 2.28. The highest BCUT2D eigenvalue weighted by Gasteiger charge is 2.34. The van der Waals surface area contributed by atoms with Crippen LogP contribution in [0.25, 0.3) is 0 Å². The summed E-state index contributed by atoms with van der Waals surface area (Å²) in [6.45, 7) is 1.97. The minimum Gasteiger partial charge on any atom is -0.497 e. The number of halogens is 1. The first-order valence-corrected chi connectivity index (χ1v) is 8.89. The van der Waals surface area contributed by atoms with Crippen LogP contribution in [-0.2, 0) is 4.79 Å². The highest BCUT2D eigenvalue weighted by molar-refractivity contribution is 8.00. The van der Waals surface area contributed by atoms with Gasteiger partial charge in [0.25, 0.3) is 0 Å². The molecule has 3 unspecified atom stereocenters. The van der Waals surface area contributed by atoms with E-state index in [1.807, 2.05) is 31.2 Å². The normalized spacial score (nSPS) is 27.0. The van der Waals surface area contributed by atoms with Gasteiger partial charge in [-0.3, -0.25) is 4.79 Å². The van der Waals surface area contributed by atoms with Gasteiger partial charge in [0.05, 0.1) is 12.4 Å². The van der Waals surface area contributed by atoms with Gasteiger partial charge in [-0.15, -0.1) is 24.2 Å². The number of benzene rings is 1. The topological polar surface area (TPSA) is 50.4 Å². The van der Waals surface area contributed by atoms with Crippen molar-refractivity contribution in [1.29, 1.82) is 0 Å². The molecule has 1 amide bonds. The number of thioether (sulfide) groups is 1. The van der Waals surface area contributed by atoms with Crippen LogP contribution in [0.5, 0.6) is 5.75 Å². The first kappa shape index (κ1) is 18.4. The Morgan fingerprint density at radius 1 is 1.26 bits per heavy atom. The second-order valence-corrected chi connectivity index (χ2v) is 7.66. The molecule has 3 atom stereocenters. The average Bonchev–Trinajstić information content (AvgIpc) is 2.86. The van der Waals surface area contributed by atoms with Gasteiger partial charge in [-0.2, -0.15) is 0 Å². The van der Waals surface area contributed by atoms with Crippen LogP contribution in [0.4, 0.5) is 0 Å². The van der Waals surface area contributed by atoms with Gasteiger partial charge in [0.15, 0.2) is 0 Å². The van der Waals surface area contributed by atoms with Crippen LogP contribution in [0.3, 0.4) is 0 Å². The number of carbonyl (C=O) groups excluding carboxylic acids is 1. The fourth-order valence-corrected chi connectivity index (χ4v) is 4.28. The maximum atomic E-state index is 12.4. The highest BCUT2D eigenvalue weighted by atomic mass is 35.5. The van der Waals surface area contributed by atoms with Crippen molar-refractivity contribution >= 4 is 30.1 Å². The van der Waals surface area contributed by atoms with Gasteiger partial charge in [0.2, 0.25) is 5.91 Å². The number of methoxy groups -OCH3 is 1. The quantitative estimate of drug-likeness (QED) is 0.796. The summed E-state index contributed by atoms with van der Waals surface area (Å²) in [6.07, 6.45) is 4.66. The number of rotatable bonds is 5. The molecule has 0 saturated carbocycles. The zero-order chi connectivity index (χ0) is 15.5. The van der Waals surface area contributed by atoms with Gasteiger partial charge in [0.1, 0.15) is 5.75 Å². The van der Waals surface area contributed by atoms with Crippen molar-refractivity contribution in [3.05, 3.63) is 24.3 Å². The molecule has 0 radical (unpaired) electrons. The number of piperidine rings is 1. The minimum absolute atomic E-state index is 0. The van der Waals surface area contributed by atoms with E-state index in [1.54, 1.807) is 18.9 Å². The van der Waals surface area contributed by atoms with Gasteiger partial charge < -0.3 is 15.4 Å². The molecule has 128 valence electrons. The molecule has 4 nitrogen and oxygen atoms in total. The first-order valence-electron chi connectivity index (χ1n) is 8.01. The number of ether oxygens (including phenoxy) is 1. The van der Waals surface area contributed by atoms with E-state index < -0.39 is 0 Å². The van der Waals surface area contributed by atoms with Gasteiger partial charge >= 0.3 is 0 Å². The Morgan fingerprint density at radius 2 is 1.87 bits per heavy atom. The van der Waals surface area contributed by atoms with Gasteiger partial charge in [-0.1, -0.05) is 0 Å². The Balaban J connectivity index is 0.00000192. The molecule has 0 aromatic heterocycles. The summed E-state index contributed by atoms with van der Waals surface area (Å²) in [5.74, 6) is 0.985. The van der Waals surface area contributed by atoms with E-state index >= 15 is 0 Å². The number of nitrogens with one attached hydrogen (secondary N) is 2. The maximum absolute atomic E-state index is 12.4. The Hall–Kier alpha value is -0.910. The fourth-order valence-electron chi connectivity index (χ4n) is 3.41. The lowest BCUT2D eigenvalue weighted by Crippen LogP contribution is -2.49. The summed E-state index contributed by atoms with van der Waals surface area (Å²) in [5.41, 5.74) is 0. The standard InChI is InChI=1S/C17H24N2O2S.ClH/c1-11(22-16-7-5-15(21-2)6-8-16)17(20)19-14-9-12-3-4-13(10-14)18-12;/h5-8,11-14,18H,3-4,9-10H2,1-2H3,(H,19,20);1H. The second kappa shape index (κ2) is 8.27. The van der Waals surface area contributed by atoms with Crippen LogP contribution in [0.2, 0.25) is 0 Å². The van der Waals surface area contributed by atoms with Crippen molar-refractivity contribution in [2.24, 2.45) is 0 Å². The molecule has 2 heterocycles. The number of hydrogen-bond donors (Lipinski definition) is 2. The maximum Gasteiger partial charge on any atom is 0.233 e. The Kier molecular flexibility index (Phi) is 6.62. The van der Waals surface area contributed by atoms with E-state index in [2.05, 4.69) is 10.6 Å². The summed E-state index contributed by atoms with van der Waals surface area (Å²) in [5, 5.41) is 6.76. The van der Waals surface area contributed by atoms with Gasteiger partial charge in [-0.25, -0.2) is 0 Å². The smallest absolute Gasteiger partial charge is 0.233 e. The Morgan fingerprint density at radius 3 is 2.43 bits per heavy atom. The van der Waals surface area contributed by atoms with Crippen LogP contribution in [-0.4, -0.2) is 36.4 Å². The van der Waals surface area contributed by atoms with Crippen molar-refractivity contribution in [1.82, 2.24) is 10.6 Å². The van der Waals surface area contributed by atoms with E-state index in [0.29, 0.717) is 18.1 Å². The monoisotopic (exact) mass is 356 g/mol. The predicted molar refractivity (Wildman–Crippen MR) is 96.7 cm³/mol.